The van der Waals surface area contributed by atoms with E-state index in [-0.39, 0.29) is 33.6 Å². The number of ketones is 2. The first-order chi connectivity index (χ1) is 12.8. The van der Waals surface area contributed by atoms with Crippen LogP contribution in [0.1, 0.15) is 26.5 Å². The Hall–Kier alpha value is -3.53. The van der Waals surface area contributed by atoms with Gasteiger partial charge in [0, 0.05) is 12.1 Å². The zero-order chi connectivity index (χ0) is 19.6. The molecule has 0 fully saturated rings. The lowest BCUT2D eigenvalue weighted by atomic mass is 9.98. The van der Waals surface area contributed by atoms with Crippen molar-refractivity contribution in [2.24, 2.45) is 10.8 Å². The summed E-state index contributed by atoms with van der Waals surface area (Å²) in [6.45, 7) is 0. The van der Waals surface area contributed by atoms with Crippen LogP contribution in [0, 0.1) is 11.6 Å². The summed E-state index contributed by atoms with van der Waals surface area (Å²) in [7, 11) is 0. The van der Waals surface area contributed by atoms with Crippen molar-refractivity contribution in [2.45, 2.75) is 0 Å². The van der Waals surface area contributed by atoms with Crippen LogP contribution in [0.2, 0.25) is 0 Å². The van der Waals surface area contributed by atoms with Crippen LogP contribution >= 0.6 is 12.2 Å². The molecule has 1 aromatic heterocycles. The third-order valence-corrected chi connectivity index (χ3v) is 3.47. The number of aromatic nitrogens is 1. The number of allylic oxidation sites excluding steroid dienone is 2. The van der Waals surface area contributed by atoms with E-state index in [1.165, 1.54) is 18.3 Å². The van der Waals surface area contributed by atoms with Crippen LogP contribution in [0.25, 0.3) is 0 Å². The zero-order valence-corrected chi connectivity index (χ0v) is 14.2. The number of rotatable bonds is 4. The van der Waals surface area contributed by atoms with Crippen molar-refractivity contribution >= 4 is 35.1 Å². The fourth-order valence-electron chi connectivity index (χ4n) is 2.20. The molecule has 0 radical (unpaired) electrons. The number of Topliss-reactive ketones (excluding diaryl/α,β-unsaturated/α-hetero) is 1. The average molecular weight is 388 g/mol. The third-order valence-electron chi connectivity index (χ3n) is 3.37. The van der Waals surface area contributed by atoms with Gasteiger partial charge in [0.15, 0.2) is 28.3 Å². The van der Waals surface area contributed by atoms with Gasteiger partial charge in [0.05, 0.1) is 17.5 Å². The lowest BCUT2D eigenvalue weighted by Gasteiger charge is -2.15. The van der Waals surface area contributed by atoms with E-state index >= 15 is 0 Å². The maximum absolute atomic E-state index is 13.3. The molecule has 0 saturated carbocycles. The number of hydrazone groups is 1. The number of hydrogen-bond acceptors (Lipinski definition) is 6. The van der Waals surface area contributed by atoms with E-state index in [9.17, 15) is 18.4 Å². The number of pyridine rings is 1. The van der Waals surface area contributed by atoms with Crippen LogP contribution < -0.4 is 15.9 Å². The number of nitrogens with two attached hydrogens (primary N) is 1. The number of hydrogen-bond donors (Lipinski definition) is 2. The fraction of sp³-hybridized carbons (Fsp3) is 0. The second kappa shape index (κ2) is 7.38. The number of fused-ring (bicyclic) bond motifs is 1. The van der Waals surface area contributed by atoms with Crippen molar-refractivity contribution in [1.29, 1.82) is 0 Å². The Morgan fingerprint density at radius 1 is 1.22 bits per heavy atom. The predicted molar refractivity (Wildman–Crippen MR) is 95.5 cm³/mol. The molecule has 2 aromatic rings. The van der Waals surface area contributed by atoms with Gasteiger partial charge in [-0.15, -0.1) is 0 Å². The van der Waals surface area contributed by atoms with E-state index < -0.39 is 23.2 Å². The molecule has 3 rings (SSSR count). The van der Waals surface area contributed by atoms with E-state index in [1.807, 2.05) is 0 Å². The van der Waals surface area contributed by atoms with Crippen molar-refractivity contribution in [1.82, 2.24) is 10.4 Å². The highest BCUT2D eigenvalue weighted by Gasteiger charge is 2.29. The Morgan fingerprint density at radius 2 is 2.00 bits per heavy atom. The molecule has 0 amide bonds. The van der Waals surface area contributed by atoms with Gasteiger partial charge in [-0.1, -0.05) is 0 Å². The Bertz CT molecular complexity index is 1040. The van der Waals surface area contributed by atoms with Gasteiger partial charge in [-0.25, -0.2) is 13.8 Å². The van der Waals surface area contributed by atoms with Crippen molar-refractivity contribution in [3.63, 3.8) is 0 Å². The quantitative estimate of drug-likeness (QED) is 0.468. The molecule has 1 aliphatic rings. The van der Waals surface area contributed by atoms with E-state index in [0.717, 1.165) is 24.3 Å². The number of ether oxygens (including phenoxy) is 1. The molecule has 1 aromatic carbocycles. The van der Waals surface area contributed by atoms with Crippen LogP contribution in [0.4, 0.5) is 8.78 Å². The van der Waals surface area contributed by atoms with Crippen molar-refractivity contribution in [3.8, 4) is 5.75 Å². The Labute approximate surface area is 156 Å². The van der Waals surface area contributed by atoms with E-state index in [2.05, 4.69) is 27.7 Å². The standard InChI is InChI=1S/C17H10F2N4O3S/c18-11-4-2-9(5-12(11)19)26-14-6-13(24)10-3-1-8(7-21-23-17(20)27)22-15(10)16(14)25/h1-7H,(H3,20,23,27)/b21-7+. The summed E-state index contributed by atoms with van der Waals surface area (Å²) in [5.41, 5.74) is 7.75. The first kappa shape index (κ1) is 18.3. The van der Waals surface area contributed by atoms with Crippen molar-refractivity contribution in [2.75, 3.05) is 0 Å². The first-order valence-electron chi connectivity index (χ1n) is 7.38. The van der Waals surface area contributed by atoms with Gasteiger partial charge < -0.3 is 10.5 Å². The Kier molecular flexibility index (Phi) is 4.99. The number of carbonyl (C=O) groups excluding carboxylic acids is 2. The zero-order valence-electron chi connectivity index (χ0n) is 13.4. The summed E-state index contributed by atoms with van der Waals surface area (Å²) in [6, 6.07) is 5.63. The molecular formula is C17H10F2N4O3S. The minimum absolute atomic E-state index is 0.0550. The van der Waals surface area contributed by atoms with E-state index in [4.69, 9.17) is 10.5 Å². The summed E-state index contributed by atoms with van der Waals surface area (Å²) in [5, 5.41) is 3.66. The van der Waals surface area contributed by atoms with Gasteiger partial charge in [-0.2, -0.15) is 5.10 Å². The van der Waals surface area contributed by atoms with Gasteiger partial charge in [-0.05, 0) is 36.5 Å². The number of nitrogens with one attached hydrogen (secondary N) is 1. The van der Waals surface area contributed by atoms with Crippen LogP contribution in [-0.2, 0) is 0 Å². The number of carbonyl (C=O) groups is 2. The summed E-state index contributed by atoms with van der Waals surface area (Å²) in [6.07, 6.45) is 2.22. The fourth-order valence-corrected chi connectivity index (χ4v) is 2.25. The molecule has 1 heterocycles. The molecule has 27 heavy (non-hydrogen) atoms. The summed E-state index contributed by atoms with van der Waals surface area (Å²) in [5.74, 6) is -3.91. The topological polar surface area (TPSA) is 107 Å². The normalized spacial score (nSPS) is 13.3. The van der Waals surface area contributed by atoms with Crippen molar-refractivity contribution in [3.05, 3.63) is 70.8 Å². The molecule has 0 unspecified atom stereocenters. The highest BCUT2D eigenvalue weighted by molar-refractivity contribution is 7.80. The predicted octanol–water partition coefficient (Wildman–Crippen LogP) is 1.87. The molecular weight excluding hydrogens is 378 g/mol. The molecule has 0 atom stereocenters. The molecule has 7 nitrogen and oxygen atoms in total. The van der Waals surface area contributed by atoms with Gasteiger partial charge in [0.2, 0.25) is 5.78 Å². The maximum atomic E-state index is 13.3. The van der Waals surface area contributed by atoms with Gasteiger partial charge in [0.25, 0.3) is 0 Å². The molecule has 0 aliphatic heterocycles. The number of nitrogens with zero attached hydrogens (tertiary/aromatic N) is 2. The van der Waals surface area contributed by atoms with Gasteiger partial charge in [-0.3, -0.25) is 15.0 Å². The molecule has 0 spiro atoms. The van der Waals surface area contributed by atoms with Crippen LogP contribution in [0.15, 0.2) is 47.3 Å². The average Bonchev–Trinajstić information content (AvgIpc) is 2.62. The highest BCUT2D eigenvalue weighted by Crippen LogP contribution is 2.24. The monoisotopic (exact) mass is 388 g/mol. The van der Waals surface area contributed by atoms with Crippen LogP contribution in [-0.4, -0.2) is 27.9 Å². The minimum Gasteiger partial charge on any atom is -0.453 e. The SMILES string of the molecule is NC(=S)N/N=C/c1ccc2c(n1)C(=O)C(Oc1ccc(F)c(F)c1)=CC2=O. The van der Waals surface area contributed by atoms with Crippen LogP contribution in [0.3, 0.4) is 0 Å². The highest BCUT2D eigenvalue weighted by atomic mass is 32.1. The summed E-state index contributed by atoms with van der Waals surface area (Å²) >= 11 is 4.60. The first-order valence-corrected chi connectivity index (χ1v) is 7.79. The maximum Gasteiger partial charge on any atom is 0.247 e. The molecule has 0 bridgehead atoms. The largest absolute Gasteiger partial charge is 0.453 e. The molecule has 1 aliphatic carbocycles. The van der Waals surface area contributed by atoms with Crippen molar-refractivity contribution < 1.29 is 23.1 Å². The minimum atomic E-state index is -1.15. The van der Waals surface area contributed by atoms with Crippen LogP contribution in [0.5, 0.6) is 5.75 Å². The Morgan fingerprint density at radius 3 is 2.70 bits per heavy atom. The van der Waals surface area contributed by atoms with Gasteiger partial charge in [0.1, 0.15) is 11.4 Å². The lowest BCUT2D eigenvalue weighted by molar-refractivity contribution is 0.0942. The molecule has 0 saturated heterocycles. The molecule has 136 valence electrons. The smallest absolute Gasteiger partial charge is 0.247 e. The molecule has 10 heteroatoms. The Balaban J connectivity index is 1.88. The van der Waals surface area contributed by atoms with E-state index in [0.29, 0.717) is 0 Å². The van der Waals surface area contributed by atoms with Gasteiger partial charge >= 0.3 is 0 Å². The summed E-state index contributed by atoms with van der Waals surface area (Å²) in [4.78, 5) is 28.8. The third kappa shape index (κ3) is 4.01. The molecule has 3 N–H and O–H groups in total. The second-order valence-electron chi connectivity index (χ2n) is 5.25. The van der Waals surface area contributed by atoms with E-state index in [1.54, 1.807) is 0 Å². The lowest BCUT2D eigenvalue weighted by Crippen LogP contribution is -2.24. The second-order valence-corrected chi connectivity index (χ2v) is 5.69. The number of halogens is 2. The number of benzene rings is 1. The number of thiocarbonyl (C=S) groups is 1. The summed E-state index contributed by atoms with van der Waals surface area (Å²) < 4.78 is 31.5.